The summed E-state index contributed by atoms with van der Waals surface area (Å²) in [4.78, 5) is 57.1. The van der Waals surface area contributed by atoms with Gasteiger partial charge in [-0.05, 0) is 52.6 Å². The smallest absolute Gasteiger partial charge is 0.316 e. The van der Waals surface area contributed by atoms with E-state index in [-0.39, 0.29) is 48.3 Å². The summed E-state index contributed by atoms with van der Waals surface area (Å²) < 4.78 is 11.1. The lowest BCUT2D eigenvalue weighted by Gasteiger charge is -2.45. The van der Waals surface area contributed by atoms with Gasteiger partial charge >= 0.3 is 5.97 Å². The van der Waals surface area contributed by atoms with E-state index < -0.39 is 23.7 Å². The predicted molar refractivity (Wildman–Crippen MR) is 167 cm³/mol. The molecule has 3 amide bonds. The maximum Gasteiger partial charge on any atom is 0.316 e. The van der Waals surface area contributed by atoms with Gasteiger partial charge in [-0.2, -0.15) is 0 Å². The molecule has 224 valence electrons. The Labute approximate surface area is 264 Å². The molecule has 5 aliphatic rings. The molecule has 0 N–H and O–H groups in total. The maximum atomic E-state index is 14.1. The van der Waals surface area contributed by atoms with Crippen LogP contribution < -0.4 is 19.3 Å². The minimum atomic E-state index is -0.726. The number of rotatable bonds is 5. The van der Waals surface area contributed by atoms with Crippen LogP contribution >= 0.6 is 11.6 Å². The monoisotopic (exact) mass is 618 g/mol. The molecule has 2 aliphatic heterocycles. The molecule has 45 heavy (non-hydrogen) atoms. The molecule has 8 nitrogen and oxygen atoms in total. The van der Waals surface area contributed by atoms with E-state index in [1.807, 2.05) is 24.3 Å². The van der Waals surface area contributed by atoms with Gasteiger partial charge in [0.15, 0.2) is 0 Å². The summed E-state index contributed by atoms with van der Waals surface area (Å²) in [6.07, 6.45) is -0.0372. The summed E-state index contributed by atoms with van der Waals surface area (Å²) in [5.41, 5.74) is 5.24. The van der Waals surface area contributed by atoms with Crippen molar-refractivity contribution in [1.82, 2.24) is 0 Å². The third-order valence-corrected chi connectivity index (χ3v) is 9.87. The zero-order valence-electron chi connectivity index (χ0n) is 24.2. The van der Waals surface area contributed by atoms with Crippen LogP contribution in [0.25, 0.3) is 0 Å². The molecule has 9 rings (SSSR count). The number of hydrogen-bond donors (Lipinski definition) is 0. The first kappa shape index (κ1) is 27.6. The van der Waals surface area contributed by atoms with Gasteiger partial charge in [-0.25, -0.2) is 4.90 Å². The Morgan fingerprint density at radius 1 is 0.778 bits per heavy atom. The largest absolute Gasteiger partial charge is 0.495 e. The number of anilines is 2. The van der Waals surface area contributed by atoms with Crippen LogP contribution in [0.1, 0.15) is 40.5 Å². The van der Waals surface area contributed by atoms with Crippen LogP contribution in [-0.4, -0.2) is 37.3 Å². The number of carbonyl (C=O) groups is 4. The van der Waals surface area contributed by atoms with E-state index in [0.29, 0.717) is 22.1 Å². The minimum Gasteiger partial charge on any atom is -0.495 e. The number of benzene rings is 4. The number of halogens is 1. The number of esters is 1. The summed E-state index contributed by atoms with van der Waals surface area (Å²) >= 11 is 6.16. The van der Waals surface area contributed by atoms with E-state index in [2.05, 4.69) is 24.3 Å². The fraction of sp³-hybridized carbons (Fsp3) is 0.222. The molecule has 2 saturated heterocycles. The van der Waals surface area contributed by atoms with Gasteiger partial charge in [0.25, 0.3) is 0 Å². The van der Waals surface area contributed by atoms with E-state index in [4.69, 9.17) is 21.1 Å². The molecule has 3 aliphatic carbocycles. The number of ether oxygens (including phenoxy) is 2. The lowest BCUT2D eigenvalue weighted by atomic mass is 9.55. The van der Waals surface area contributed by atoms with Gasteiger partial charge < -0.3 is 14.4 Å². The third-order valence-electron chi connectivity index (χ3n) is 9.63. The molecule has 0 unspecified atom stereocenters. The van der Waals surface area contributed by atoms with Crippen LogP contribution in [0.15, 0.2) is 91.0 Å². The lowest BCUT2D eigenvalue weighted by molar-refractivity contribution is -0.139. The number of amides is 3. The van der Waals surface area contributed by atoms with Gasteiger partial charge in [-0.3, -0.25) is 19.2 Å². The molecule has 9 heteroatoms. The summed E-state index contributed by atoms with van der Waals surface area (Å²) in [5, 5.41) is 0.438. The number of methoxy groups -OCH3 is 1. The van der Waals surface area contributed by atoms with Gasteiger partial charge in [0.1, 0.15) is 11.5 Å². The first-order valence-electron chi connectivity index (χ1n) is 14.9. The molecular formula is C36H27ClN2O6. The Balaban J connectivity index is 1.05. The highest BCUT2D eigenvalue weighted by Crippen LogP contribution is 2.61. The van der Waals surface area contributed by atoms with Crippen LogP contribution in [0.5, 0.6) is 11.5 Å². The van der Waals surface area contributed by atoms with Gasteiger partial charge in [-0.15, -0.1) is 0 Å². The summed E-state index contributed by atoms with van der Waals surface area (Å²) in [6, 6.07) is 27.6. The van der Waals surface area contributed by atoms with Crippen LogP contribution in [-0.2, 0) is 19.2 Å². The summed E-state index contributed by atoms with van der Waals surface area (Å²) in [6.45, 7) is 0.102. The van der Waals surface area contributed by atoms with Gasteiger partial charge in [0.05, 0.1) is 36.2 Å². The van der Waals surface area contributed by atoms with Crippen molar-refractivity contribution < 1.29 is 28.7 Å². The van der Waals surface area contributed by atoms with Crippen molar-refractivity contribution in [2.24, 2.45) is 17.8 Å². The zero-order valence-corrected chi connectivity index (χ0v) is 24.9. The van der Waals surface area contributed by atoms with Gasteiger partial charge in [0.2, 0.25) is 17.7 Å². The first-order chi connectivity index (χ1) is 21.9. The Kier molecular flexibility index (Phi) is 6.32. The van der Waals surface area contributed by atoms with E-state index in [0.717, 1.165) is 22.3 Å². The number of imide groups is 1. The molecule has 0 radical (unpaired) electrons. The van der Waals surface area contributed by atoms with Crippen molar-refractivity contribution in [3.63, 3.8) is 0 Å². The van der Waals surface area contributed by atoms with Crippen LogP contribution in [0.4, 0.5) is 11.4 Å². The third kappa shape index (κ3) is 4.12. The second-order valence-corrected chi connectivity index (χ2v) is 12.4. The topological polar surface area (TPSA) is 93.2 Å². The predicted octanol–water partition coefficient (Wildman–Crippen LogP) is 5.70. The van der Waals surface area contributed by atoms with E-state index >= 15 is 0 Å². The SMILES string of the molecule is COc1ccc(Cl)cc1N1C[C@H](C(=O)Oc2cccc(N3C(=O)[C@@H]4C5c6ccccc6C(c6ccccc65)[C@H]4C3=O)c2)CC1=O. The van der Waals surface area contributed by atoms with Crippen molar-refractivity contribution >= 4 is 46.7 Å². The average Bonchev–Trinajstić information content (AvgIpc) is 3.57. The normalized spacial score (nSPS) is 24.4. The summed E-state index contributed by atoms with van der Waals surface area (Å²) in [7, 11) is 1.50. The fourth-order valence-electron chi connectivity index (χ4n) is 7.79. The van der Waals surface area contributed by atoms with Crippen LogP contribution in [0, 0.1) is 17.8 Å². The van der Waals surface area contributed by atoms with Crippen molar-refractivity contribution in [2.75, 3.05) is 23.5 Å². The molecule has 2 fully saturated rings. The molecule has 4 aromatic rings. The first-order valence-corrected chi connectivity index (χ1v) is 15.2. The molecule has 0 aromatic heterocycles. The van der Waals surface area contributed by atoms with Gasteiger partial charge in [-0.1, -0.05) is 66.2 Å². The Morgan fingerprint density at radius 2 is 1.38 bits per heavy atom. The summed E-state index contributed by atoms with van der Waals surface area (Å²) in [5.74, 6) is -2.86. The number of carbonyl (C=O) groups excluding carboxylic acids is 4. The number of nitrogens with zero attached hydrogens (tertiary/aromatic N) is 2. The molecule has 2 heterocycles. The average molecular weight is 619 g/mol. The van der Waals surface area contributed by atoms with Crippen LogP contribution in [0.3, 0.4) is 0 Å². The van der Waals surface area contributed by atoms with E-state index in [1.165, 1.54) is 16.9 Å². The van der Waals surface area contributed by atoms with Gasteiger partial charge in [0, 0.05) is 35.9 Å². The van der Waals surface area contributed by atoms with Crippen LogP contribution in [0.2, 0.25) is 5.02 Å². The standard InChI is InChI=1S/C36H27ClN2O6/c1-44-28-14-13-20(37)16-27(28)38-18-19(15-29(38)40)36(43)45-22-8-6-7-21(17-22)39-34(41)32-30-23-9-2-3-10-24(23)31(33(32)35(39)42)26-12-5-4-11-25(26)30/h2-14,16-17,19,30-33H,15,18H2,1H3/t19-,30?,31?,32-,33-/m1/s1. The Morgan fingerprint density at radius 3 is 1.96 bits per heavy atom. The second-order valence-electron chi connectivity index (χ2n) is 11.9. The molecule has 0 saturated carbocycles. The maximum absolute atomic E-state index is 14.1. The Bertz CT molecular complexity index is 1820. The molecule has 3 atom stereocenters. The fourth-order valence-corrected chi connectivity index (χ4v) is 7.96. The molecule has 2 bridgehead atoms. The highest BCUT2D eigenvalue weighted by Gasteiger charge is 2.61. The highest BCUT2D eigenvalue weighted by atomic mass is 35.5. The number of hydrogen-bond acceptors (Lipinski definition) is 6. The molecule has 0 spiro atoms. The molecule has 4 aromatic carbocycles. The lowest BCUT2D eigenvalue weighted by Crippen LogP contribution is -2.41. The Hall–Kier alpha value is -4.95. The van der Waals surface area contributed by atoms with Crippen molar-refractivity contribution in [3.05, 3.63) is 118 Å². The quantitative estimate of drug-likeness (QED) is 0.162. The minimum absolute atomic E-state index is 0.0372. The highest BCUT2D eigenvalue weighted by molar-refractivity contribution is 6.31. The van der Waals surface area contributed by atoms with E-state index in [9.17, 15) is 19.2 Å². The second kappa shape index (κ2) is 10.3. The van der Waals surface area contributed by atoms with Crippen molar-refractivity contribution in [2.45, 2.75) is 18.3 Å². The van der Waals surface area contributed by atoms with Crippen molar-refractivity contribution in [1.29, 1.82) is 0 Å². The zero-order chi connectivity index (χ0) is 31.0. The molecular weight excluding hydrogens is 592 g/mol. The van der Waals surface area contributed by atoms with Crippen molar-refractivity contribution in [3.8, 4) is 11.5 Å². The van der Waals surface area contributed by atoms with E-state index in [1.54, 1.807) is 42.5 Å².